The largest absolute Gasteiger partial charge is 0.494 e. The summed E-state index contributed by atoms with van der Waals surface area (Å²) in [4.78, 5) is 4.51. The summed E-state index contributed by atoms with van der Waals surface area (Å²) in [6.07, 6.45) is 0. The number of rotatable bonds is 6. The van der Waals surface area contributed by atoms with Crippen molar-refractivity contribution in [2.75, 3.05) is 6.61 Å². The van der Waals surface area contributed by atoms with Crippen LogP contribution in [0.25, 0.3) is 0 Å². The van der Waals surface area contributed by atoms with E-state index in [1.807, 2.05) is 19.2 Å². The highest BCUT2D eigenvalue weighted by molar-refractivity contribution is 7.89. The van der Waals surface area contributed by atoms with E-state index >= 15 is 0 Å². The van der Waals surface area contributed by atoms with Crippen LogP contribution in [-0.2, 0) is 10.0 Å². The Labute approximate surface area is 129 Å². The van der Waals surface area contributed by atoms with Gasteiger partial charge in [0.1, 0.15) is 5.75 Å². The second-order valence-electron chi connectivity index (χ2n) is 4.54. The maximum Gasteiger partial charge on any atom is 0.241 e. The topological polar surface area (TPSA) is 68.3 Å². The van der Waals surface area contributed by atoms with E-state index in [4.69, 9.17) is 4.74 Å². The zero-order valence-electron chi connectivity index (χ0n) is 12.2. The Morgan fingerprint density at radius 1 is 1.33 bits per heavy atom. The van der Waals surface area contributed by atoms with Gasteiger partial charge in [-0.2, -0.15) is 0 Å². The van der Waals surface area contributed by atoms with Gasteiger partial charge in [-0.25, -0.2) is 18.1 Å². The predicted molar refractivity (Wildman–Crippen MR) is 83.2 cm³/mol. The van der Waals surface area contributed by atoms with Crippen LogP contribution < -0.4 is 9.46 Å². The fraction of sp³-hybridized carbons (Fsp3) is 0.357. The first-order valence-electron chi connectivity index (χ1n) is 6.59. The molecule has 1 aromatic carbocycles. The van der Waals surface area contributed by atoms with Gasteiger partial charge in [0.15, 0.2) is 0 Å². The van der Waals surface area contributed by atoms with Crippen molar-refractivity contribution in [3.63, 3.8) is 0 Å². The van der Waals surface area contributed by atoms with Crippen molar-refractivity contribution in [1.29, 1.82) is 0 Å². The van der Waals surface area contributed by atoms with E-state index in [1.54, 1.807) is 19.1 Å². The third-order valence-corrected chi connectivity index (χ3v) is 5.21. The van der Waals surface area contributed by atoms with Gasteiger partial charge >= 0.3 is 0 Å². The Kier molecular flexibility index (Phi) is 4.97. The lowest BCUT2D eigenvalue weighted by atomic mass is 10.3. The smallest absolute Gasteiger partial charge is 0.241 e. The number of benzene rings is 1. The van der Waals surface area contributed by atoms with Crippen LogP contribution in [0.4, 0.5) is 0 Å². The molecule has 1 unspecified atom stereocenters. The molecule has 1 aromatic heterocycles. The molecule has 21 heavy (non-hydrogen) atoms. The van der Waals surface area contributed by atoms with Crippen molar-refractivity contribution in [3.05, 3.63) is 40.3 Å². The minimum absolute atomic E-state index is 0.213. The molecule has 7 heteroatoms. The van der Waals surface area contributed by atoms with E-state index in [-0.39, 0.29) is 10.9 Å². The number of ether oxygens (including phenoxy) is 1. The van der Waals surface area contributed by atoms with Crippen LogP contribution in [0.1, 0.15) is 30.6 Å². The number of sulfonamides is 1. The van der Waals surface area contributed by atoms with Gasteiger partial charge in [-0.1, -0.05) is 0 Å². The third kappa shape index (κ3) is 4.03. The molecule has 0 bridgehead atoms. The first kappa shape index (κ1) is 15.9. The summed E-state index contributed by atoms with van der Waals surface area (Å²) in [6.45, 7) is 6.09. The van der Waals surface area contributed by atoms with E-state index in [0.29, 0.717) is 12.4 Å². The monoisotopic (exact) mass is 326 g/mol. The molecule has 0 saturated heterocycles. The highest BCUT2D eigenvalue weighted by atomic mass is 32.2. The van der Waals surface area contributed by atoms with Gasteiger partial charge in [-0.3, -0.25) is 0 Å². The number of hydrogen-bond acceptors (Lipinski definition) is 5. The molecular weight excluding hydrogens is 308 g/mol. The van der Waals surface area contributed by atoms with Crippen LogP contribution in [0, 0.1) is 6.92 Å². The summed E-state index contributed by atoms with van der Waals surface area (Å²) in [5.41, 5.74) is 0.729. The van der Waals surface area contributed by atoms with Crippen LogP contribution >= 0.6 is 11.3 Å². The molecular formula is C14H18N2O3S2. The minimum atomic E-state index is -3.57. The van der Waals surface area contributed by atoms with E-state index < -0.39 is 10.0 Å². The summed E-state index contributed by atoms with van der Waals surface area (Å²) in [7, 11) is -3.57. The van der Waals surface area contributed by atoms with Gasteiger partial charge in [0.2, 0.25) is 10.0 Å². The fourth-order valence-electron chi connectivity index (χ4n) is 1.82. The van der Waals surface area contributed by atoms with Crippen LogP contribution in [0.5, 0.6) is 5.75 Å². The zero-order valence-corrected chi connectivity index (χ0v) is 13.8. The van der Waals surface area contributed by atoms with Gasteiger partial charge in [0.25, 0.3) is 0 Å². The van der Waals surface area contributed by atoms with Crippen LogP contribution in [0.3, 0.4) is 0 Å². The fourth-order valence-corrected chi connectivity index (χ4v) is 3.74. The Balaban J connectivity index is 2.14. The number of aromatic nitrogens is 1. The summed E-state index contributed by atoms with van der Waals surface area (Å²) >= 11 is 1.50. The molecule has 0 amide bonds. The lowest BCUT2D eigenvalue weighted by Gasteiger charge is -2.12. The Bertz CT molecular complexity index is 693. The van der Waals surface area contributed by atoms with Crippen molar-refractivity contribution in [2.24, 2.45) is 0 Å². The molecule has 1 N–H and O–H groups in total. The molecule has 1 atom stereocenters. The zero-order chi connectivity index (χ0) is 15.5. The molecule has 0 aliphatic rings. The normalized spacial score (nSPS) is 13.1. The summed E-state index contributed by atoms with van der Waals surface area (Å²) in [6, 6.07) is 6.00. The van der Waals surface area contributed by atoms with Gasteiger partial charge < -0.3 is 4.74 Å². The summed E-state index contributed by atoms with van der Waals surface area (Å²) < 4.78 is 32.6. The molecule has 2 aromatic rings. The standard InChI is InChI=1S/C14H18N2O3S2/c1-4-19-12-5-7-13(8-6-12)21(17,18)16-10(2)14-9-20-11(3)15-14/h5-10,16H,4H2,1-3H3. The highest BCUT2D eigenvalue weighted by Gasteiger charge is 2.19. The van der Waals surface area contributed by atoms with Crippen molar-refractivity contribution in [1.82, 2.24) is 9.71 Å². The van der Waals surface area contributed by atoms with Crippen molar-refractivity contribution >= 4 is 21.4 Å². The lowest BCUT2D eigenvalue weighted by molar-refractivity contribution is 0.340. The second-order valence-corrected chi connectivity index (χ2v) is 7.31. The Morgan fingerprint density at radius 2 is 2.00 bits per heavy atom. The molecule has 0 fully saturated rings. The molecule has 5 nitrogen and oxygen atoms in total. The predicted octanol–water partition coefficient (Wildman–Crippen LogP) is 2.89. The molecule has 0 aliphatic carbocycles. The van der Waals surface area contributed by atoms with Gasteiger partial charge in [0.05, 0.1) is 28.2 Å². The van der Waals surface area contributed by atoms with E-state index in [0.717, 1.165) is 10.7 Å². The highest BCUT2D eigenvalue weighted by Crippen LogP contribution is 2.20. The number of hydrogen-bond donors (Lipinski definition) is 1. The first-order valence-corrected chi connectivity index (χ1v) is 8.96. The summed E-state index contributed by atoms with van der Waals surface area (Å²) in [5, 5.41) is 2.78. The molecule has 0 aliphatic heterocycles. The quantitative estimate of drug-likeness (QED) is 0.886. The van der Waals surface area contributed by atoms with Gasteiger partial charge in [-0.05, 0) is 45.0 Å². The van der Waals surface area contributed by atoms with E-state index in [1.165, 1.54) is 23.5 Å². The summed E-state index contributed by atoms with van der Waals surface area (Å²) in [5.74, 6) is 0.652. The molecule has 0 spiro atoms. The molecule has 0 radical (unpaired) electrons. The van der Waals surface area contributed by atoms with Crippen LogP contribution in [0.2, 0.25) is 0 Å². The van der Waals surface area contributed by atoms with Crippen LogP contribution in [0.15, 0.2) is 34.5 Å². The lowest BCUT2D eigenvalue weighted by Crippen LogP contribution is -2.27. The molecule has 0 saturated carbocycles. The van der Waals surface area contributed by atoms with E-state index in [9.17, 15) is 8.42 Å². The van der Waals surface area contributed by atoms with Crippen LogP contribution in [-0.4, -0.2) is 20.0 Å². The van der Waals surface area contributed by atoms with Gasteiger partial charge in [0, 0.05) is 5.38 Å². The van der Waals surface area contributed by atoms with E-state index in [2.05, 4.69) is 9.71 Å². The average molecular weight is 326 g/mol. The minimum Gasteiger partial charge on any atom is -0.494 e. The van der Waals surface area contributed by atoms with Crippen molar-refractivity contribution in [3.8, 4) is 5.75 Å². The Hall–Kier alpha value is -1.44. The maximum atomic E-state index is 12.3. The van der Waals surface area contributed by atoms with Crippen molar-refractivity contribution < 1.29 is 13.2 Å². The average Bonchev–Trinajstić information content (AvgIpc) is 2.86. The molecule has 2 rings (SSSR count). The number of aryl methyl sites for hydroxylation is 1. The third-order valence-electron chi connectivity index (χ3n) is 2.86. The molecule has 114 valence electrons. The maximum absolute atomic E-state index is 12.3. The Morgan fingerprint density at radius 3 is 2.52 bits per heavy atom. The number of nitrogens with one attached hydrogen (secondary N) is 1. The number of thiazole rings is 1. The number of nitrogens with zero attached hydrogens (tertiary/aromatic N) is 1. The van der Waals surface area contributed by atoms with Crippen molar-refractivity contribution in [2.45, 2.75) is 31.7 Å². The molecule has 1 heterocycles. The second kappa shape index (κ2) is 6.55. The first-order chi connectivity index (χ1) is 9.92. The van der Waals surface area contributed by atoms with Gasteiger partial charge in [-0.15, -0.1) is 11.3 Å². The SMILES string of the molecule is CCOc1ccc(S(=O)(=O)NC(C)c2csc(C)n2)cc1.